The van der Waals surface area contributed by atoms with Gasteiger partial charge < -0.3 is 9.64 Å². The Balaban J connectivity index is 1.77. The van der Waals surface area contributed by atoms with Crippen LogP contribution in [0.4, 0.5) is 0 Å². The molecular weight excluding hydrogens is 226 g/mol. The van der Waals surface area contributed by atoms with Gasteiger partial charge in [0.15, 0.2) is 0 Å². The fourth-order valence-electron chi connectivity index (χ4n) is 4.67. The molecule has 3 aliphatic rings. The van der Waals surface area contributed by atoms with E-state index >= 15 is 0 Å². The summed E-state index contributed by atoms with van der Waals surface area (Å²) < 4.78 is 5.57. The predicted molar refractivity (Wildman–Crippen MR) is 70.2 cm³/mol. The molecule has 3 fully saturated rings. The van der Waals surface area contributed by atoms with Crippen LogP contribution in [0.15, 0.2) is 0 Å². The van der Waals surface area contributed by atoms with Crippen molar-refractivity contribution in [1.82, 2.24) is 4.90 Å². The molecular formula is C15H25NO2. The lowest BCUT2D eigenvalue weighted by Crippen LogP contribution is -2.42. The molecule has 3 atom stereocenters. The fourth-order valence-corrected chi connectivity index (χ4v) is 4.67. The van der Waals surface area contributed by atoms with Crippen LogP contribution in [0.1, 0.15) is 52.9 Å². The summed E-state index contributed by atoms with van der Waals surface area (Å²) in [6.07, 6.45) is 5.40. The second-order valence-corrected chi connectivity index (χ2v) is 7.68. The Kier molecular flexibility index (Phi) is 2.74. The molecule has 0 radical (unpaired) electrons. The highest BCUT2D eigenvalue weighted by Crippen LogP contribution is 2.52. The number of fused-ring (bicyclic) bond motifs is 2. The molecule has 102 valence electrons. The van der Waals surface area contributed by atoms with Gasteiger partial charge in [0, 0.05) is 19.2 Å². The maximum absolute atomic E-state index is 12.5. The molecule has 2 aliphatic heterocycles. The lowest BCUT2D eigenvalue weighted by Gasteiger charge is -2.39. The second-order valence-electron chi connectivity index (χ2n) is 7.68. The van der Waals surface area contributed by atoms with Gasteiger partial charge in [0.1, 0.15) is 6.10 Å². The van der Waals surface area contributed by atoms with Gasteiger partial charge in [-0.2, -0.15) is 0 Å². The molecule has 3 nitrogen and oxygen atoms in total. The van der Waals surface area contributed by atoms with Gasteiger partial charge in [-0.15, -0.1) is 0 Å². The zero-order chi connectivity index (χ0) is 13.0. The van der Waals surface area contributed by atoms with Crippen LogP contribution in [0.25, 0.3) is 0 Å². The van der Waals surface area contributed by atoms with Gasteiger partial charge >= 0.3 is 0 Å². The van der Waals surface area contributed by atoms with Gasteiger partial charge in [-0.05, 0) is 42.9 Å². The van der Waals surface area contributed by atoms with Crippen molar-refractivity contribution >= 4 is 5.91 Å². The molecule has 2 heterocycles. The first-order valence-electron chi connectivity index (χ1n) is 7.31. The molecule has 0 N–H and O–H groups in total. The number of amides is 1. The average Bonchev–Trinajstić information content (AvgIpc) is 2.82. The number of ether oxygens (including phenoxy) is 1. The summed E-state index contributed by atoms with van der Waals surface area (Å²) in [7, 11) is 0. The molecule has 1 aliphatic carbocycles. The van der Waals surface area contributed by atoms with Crippen LogP contribution in [-0.2, 0) is 9.53 Å². The minimum Gasteiger partial charge on any atom is -0.368 e. The van der Waals surface area contributed by atoms with E-state index in [1.54, 1.807) is 0 Å². The van der Waals surface area contributed by atoms with Gasteiger partial charge in [-0.3, -0.25) is 4.79 Å². The van der Waals surface area contributed by atoms with E-state index in [4.69, 9.17) is 4.74 Å². The van der Waals surface area contributed by atoms with Crippen LogP contribution in [0.5, 0.6) is 0 Å². The van der Waals surface area contributed by atoms with Crippen molar-refractivity contribution in [3.63, 3.8) is 0 Å². The summed E-state index contributed by atoms with van der Waals surface area (Å²) in [5.74, 6) is 0.263. The van der Waals surface area contributed by atoms with Crippen LogP contribution in [0.2, 0.25) is 0 Å². The molecule has 0 aromatic carbocycles. The van der Waals surface area contributed by atoms with E-state index in [9.17, 15) is 4.79 Å². The topological polar surface area (TPSA) is 29.5 Å². The Morgan fingerprint density at radius 3 is 2.72 bits per heavy atom. The van der Waals surface area contributed by atoms with Gasteiger partial charge in [0.2, 0.25) is 0 Å². The van der Waals surface area contributed by atoms with Crippen molar-refractivity contribution in [1.29, 1.82) is 0 Å². The highest BCUT2D eigenvalue weighted by molar-refractivity contribution is 5.82. The lowest BCUT2D eigenvalue weighted by molar-refractivity contribution is -0.142. The fraction of sp³-hybridized carbons (Fsp3) is 0.933. The summed E-state index contributed by atoms with van der Waals surface area (Å²) in [4.78, 5) is 14.7. The minimum atomic E-state index is -0.143. The van der Waals surface area contributed by atoms with E-state index in [-0.39, 0.29) is 12.0 Å². The Morgan fingerprint density at radius 1 is 1.28 bits per heavy atom. The molecule has 2 saturated heterocycles. The van der Waals surface area contributed by atoms with Crippen molar-refractivity contribution < 1.29 is 9.53 Å². The Morgan fingerprint density at radius 2 is 2.06 bits per heavy atom. The van der Waals surface area contributed by atoms with Crippen LogP contribution in [0.3, 0.4) is 0 Å². The second kappa shape index (κ2) is 3.96. The summed E-state index contributed by atoms with van der Waals surface area (Å²) in [6, 6.07) is 0.454. The Hall–Kier alpha value is -0.570. The third kappa shape index (κ3) is 2.07. The van der Waals surface area contributed by atoms with Crippen molar-refractivity contribution in [3.05, 3.63) is 0 Å². The van der Waals surface area contributed by atoms with E-state index in [1.807, 2.05) is 0 Å². The highest BCUT2D eigenvalue weighted by atomic mass is 16.5. The molecule has 1 amide bonds. The molecule has 3 rings (SSSR count). The number of hydrogen-bond acceptors (Lipinski definition) is 2. The first kappa shape index (κ1) is 12.5. The predicted octanol–water partition coefficient (Wildman–Crippen LogP) is 2.59. The van der Waals surface area contributed by atoms with Gasteiger partial charge in [0.05, 0.1) is 0 Å². The van der Waals surface area contributed by atoms with E-state index < -0.39 is 0 Å². The molecule has 0 aromatic heterocycles. The number of rotatable bonds is 1. The highest BCUT2D eigenvalue weighted by Gasteiger charge is 2.51. The van der Waals surface area contributed by atoms with Crippen LogP contribution in [-0.4, -0.2) is 36.1 Å². The van der Waals surface area contributed by atoms with Crippen LogP contribution in [0, 0.1) is 10.8 Å². The SMILES string of the molecule is CC1(C)CC2CC(C)(CN2C(=O)C2CCCO2)C1. The summed E-state index contributed by atoms with van der Waals surface area (Å²) in [6.45, 7) is 8.75. The van der Waals surface area contributed by atoms with Gasteiger partial charge in [-0.1, -0.05) is 20.8 Å². The zero-order valence-corrected chi connectivity index (χ0v) is 11.9. The van der Waals surface area contributed by atoms with Crippen molar-refractivity contribution in [2.45, 2.75) is 65.0 Å². The first-order valence-corrected chi connectivity index (χ1v) is 7.31. The maximum atomic E-state index is 12.5. The number of hydrogen-bond donors (Lipinski definition) is 0. The van der Waals surface area contributed by atoms with E-state index in [2.05, 4.69) is 25.7 Å². The summed E-state index contributed by atoms with van der Waals surface area (Å²) >= 11 is 0. The standard InChI is InChI=1S/C15H25NO2/c1-14(2)7-11-8-15(3,9-14)10-16(11)13(17)12-5-4-6-18-12/h11-12H,4-10H2,1-3H3. The summed E-state index contributed by atoms with van der Waals surface area (Å²) in [5.41, 5.74) is 0.712. The quantitative estimate of drug-likeness (QED) is 0.717. The molecule has 1 saturated carbocycles. The lowest BCUT2D eigenvalue weighted by atomic mass is 9.65. The van der Waals surface area contributed by atoms with Crippen molar-refractivity contribution in [2.75, 3.05) is 13.2 Å². The van der Waals surface area contributed by atoms with Crippen molar-refractivity contribution in [3.8, 4) is 0 Å². The van der Waals surface area contributed by atoms with E-state index in [1.165, 1.54) is 12.8 Å². The smallest absolute Gasteiger partial charge is 0.251 e. The van der Waals surface area contributed by atoms with E-state index in [0.717, 1.165) is 32.4 Å². The molecule has 0 spiro atoms. The third-order valence-corrected chi connectivity index (χ3v) is 4.90. The van der Waals surface area contributed by atoms with Gasteiger partial charge in [0.25, 0.3) is 5.91 Å². The molecule has 18 heavy (non-hydrogen) atoms. The molecule has 2 bridgehead atoms. The van der Waals surface area contributed by atoms with Crippen molar-refractivity contribution in [2.24, 2.45) is 10.8 Å². The molecule has 3 unspecified atom stereocenters. The number of likely N-dealkylation sites (tertiary alicyclic amines) is 1. The van der Waals surface area contributed by atoms with E-state index in [0.29, 0.717) is 16.9 Å². The minimum absolute atomic E-state index is 0.143. The Labute approximate surface area is 110 Å². The average molecular weight is 251 g/mol. The molecule has 0 aromatic rings. The number of carbonyl (C=O) groups excluding carboxylic acids is 1. The largest absolute Gasteiger partial charge is 0.368 e. The number of carbonyl (C=O) groups is 1. The first-order chi connectivity index (χ1) is 8.39. The van der Waals surface area contributed by atoms with Crippen LogP contribution < -0.4 is 0 Å². The summed E-state index contributed by atoms with van der Waals surface area (Å²) in [5, 5.41) is 0. The number of nitrogens with zero attached hydrogens (tertiary/aromatic N) is 1. The van der Waals surface area contributed by atoms with Crippen LogP contribution >= 0.6 is 0 Å². The third-order valence-electron chi connectivity index (χ3n) is 4.90. The molecule has 3 heteroatoms. The maximum Gasteiger partial charge on any atom is 0.251 e. The monoisotopic (exact) mass is 251 g/mol. The van der Waals surface area contributed by atoms with Gasteiger partial charge in [-0.25, -0.2) is 0 Å². The Bertz CT molecular complexity index is 360. The zero-order valence-electron chi connectivity index (χ0n) is 11.9. The normalized spacial score (nSPS) is 42.3.